The topological polar surface area (TPSA) is 95.6 Å². The number of carbonyl (C=O) groups excluding carboxylic acids is 1. The van der Waals surface area contributed by atoms with Gasteiger partial charge in [0.05, 0.1) is 18.7 Å². The van der Waals surface area contributed by atoms with Crippen molar-refractivity contribution < 1.29 is 14.3 Å². The summed E-state index contributed by atoms with van der Waals surface area (Å²) in [7, 11) is 1.54. The van der Waals surface area contributed by atoms with E-state index in [-0.39, 0.29) is 29.5 Å². The Kier molecular flexibility index (Phi) is 7.66. The molecule has 0 bridgehead atoms. The average molecular weight is 476 g/mol. The summed E-state index contributed by atoms with van der Waals surface area (Å²) in [5.74, 6) is 0.821. The minimum absolute atomic E-state index is 0.00993. The van der Waals surface area contributed by atoms with E-state index in [1.807, 2.05) is 37.3 Å². The number of amides is 2. The second kappa shape index (κ2) is 10.4. The number of carbonyl (C=O) groups is 1. The number of halogens is 2. The number of hydrogen-bond donors (Lipinski definition) is 2. The molecule has 0 aliphatic heterocycles. The second-order valence-corrected chi connectivity index (χ2v) is 7.88. The van der Waals surface area contributed by atoms with E-state index in [4.69, 9.17) is 38.4 Å². The van der Waals surface area contributed by atoms with Crippen LogP contribution in [0.3, 0.4) is 0 Å². The fourth-order valence-corrected chi connectivity index (χ4v) is 3.62. The van der Waals surface area contributed by atoms with Gasteiger partial charge < -0.3 is 25.1 Å². The molecular formula is C23H23Cl2N3O4. The van der Waals surface area contributed by atoms with Crippen molar-refractivity contribution in [1.29, 1.82) is 0 Å². The Hall–Kier alpha value is -3.16. The molecule has 1 aromatic heterocycles. The normalized spacial score (nSPS) is 10.6. The smallest absolute Gasteiger partial charge is 0.312 e. The van der Waals surface area contributed by atoms with Crippen molar-refractivity contribution in [2.24, 2.45) is 5.73 Å². The highest BCUT2D eigenvalue weighted by atomic mass is 35.5. The van der Waals surface area contributed by atoms with E-state index in [1.165, 1.54) is 7.11 Å². The molecule has 0 fully saturated rings. The van der Waals surface area contributed by atoms with Crippen LogP contribution in [0.4, 0.5) is 4.79 Å². The highest BCUT2D eigenvalue weighted by Gasteiger charge is 2.14. The zero-order chi connectivity index (χ0) is 23.3. The molecule has 32 heavy (non-hydrogen) atoms. The first kappa shape index (κ1) is 23.5. The Bertz CT molecular complexity index is 1190. The molecule has 3 N–H and O–H groups in total. The third-order valence-electron chi connectivity index (χ3n) is 4.93. The van der Waals surface area contributed by atoms with Gasteiger partial charge >= 0.3 is 6.03 Å². The predicted molar refractivity (Wildman–Crippen MR) is 125 cm³/mol. The van der Waals surface area contributed by atoms with Crippen molar-refractivity contribution in [3.05, 3.63) is 91.3 Å². The summed E-state index contributed by atoms with van der Waals surface area (Å²) in [4.78, 5) is 23.9. The van der Waals surface area contributed by atoms with Gasteiger partial charge in [0.1, 0.15) is 23.1 Å². The standard InChI is InChI=1S/C23H23Cl2N3O4/c1-14-9-20(32-13-17-6-4-3-5-16(17)11-27-23(26)30)21(25)22(29)28(14)12-15-7-8-18(24)19(10-15)31-2/h3-10H,11-13H2,1-2H3,(H3,26,27,30). The van der Waals surface area contributed by atoms with Crippen LogP contribution in [0.1, 0.15) is 22.4 Å². The number of nitrogens with one attached hydrogen (secondary N) is 1. The first-order chi connectivity index (χ1) is 15.3. The Labute approximate surface area is 195 Å². The zero-order valence-corrected chi connectivity index (χ0v) is 19.2. The number of nitrogens with two attached hydrogens (primary N) is 1. The molecule has 0 aliphatic rings. The fraction of sp³-hybridized carbons (Fsp3) is 0.217. The summed E-state index contributed by atoms with van der Waals surface area (Å²) in [5.41, 5.74) is 8.01. The maximum Gasteiger partial charge on any atom is 0.312 e. The van der Waals surface area contributed by atoms with Crippen LogP contribution in [0.15, 0.2) is 53.3 Å². The van der Waals surface area contributed by atoms with E-state index < -0.39 is 6.03 Å². The van der Waals surface area contributed by atoms with E-state index in [2.05, 4.69) is 5.32 Å². The molecule has 7 nitrogen and oxygen atoms in total. The van der Waals surface area contributed by atoms with Gasteiger partial charge in [0.15, 0.2) is 0 Å². The second-order valence-electron chi connectivity index (χ2n) is 7.10. The third-order valence-corrected chi connectivity index (χ3v) is 5.59. The van der Waals surface area contributed by atoms with Gasteiger partial charge in [-0.3, -0.25) is 4.79 Å². The minimum atomic E-state index is -0.610. The third kappa shape index (κ3) is 5.55. The number of benzene rings is 2. The van der Waals surface area contributed by atoms with Crippen LogP contribution in [0, 0.1) is 6.92 Å². The Balaban J connectivity index is 1.81. The lowest BCUT2D eigenvalue weighted by Gasteiger charge is -2.16. The van der Waals surface area contributed by atoms with Crippen LogP contribution in [-0.2, 0) is 19.7 Å². The highest BCUT2D eigenvalue weighted by Crippen LogP contribution is 2.27. The largest absolute Gasteiger partial charge is 0.495 e. The molecule has 0 saturated heterocycles. The van der Waals surface area contributed by atoms with Crippen LogP contribution >= 0.6 is 23.2 Å². The van der Waals surface area contributed by atoms with Gasteiger partial charge in [0.25, 0.3) is 5.56 Å². The number of aromatic nitrogens is 1. The van der Waals surface area contributed by atoms with Crippen molar-refractivity contribution in [2.75, 3.05) is 7.11 Å². The molecule has 3 rings (SSSR count). The first-order valence-corrected chi connectivity index (χ1v) is 10.5. The number of urea groups is 1. The molecule has 0 aliphatic carbocycles. The quantitative estimate of drug-likeness (QED) is 0.508. The molecule has 9 heteroatoms. The molecule has 2 amide bonds. The number of nitrogens with zero attached hydrogens (tertiary/aromatic N) is 1. The summed E-state index contributed by atoms with van der Waals surface area (Å²) in [6.07, 6.45) is 0. The van der Waals surface area contributed by atoms with Crippen LogP contribution in [0.25, 0.3) is 0 Å². The molecule has 2 aromatic carbocycles. The predicted octanol–water partition coefficient (Wildman–Crippen LogP) is 4.27. The van der Waals surface area contributed by atoms with E-state index in [0.29, 0.717) is 23.0 Å². The number of primary amides is 1. The molecule has 168 valence electrons. The number of ether oxygens (including phenoxy) is 2. The SMILES string of the molecule is COc1cc(Cn2c(C)cc(OCc3ccccc3CNC(N)=O)c(Cl)c2=O)ccc1Cl. The molecule has 0 unspecified atom stereocenters. The lowest BCUT2D eigenvalue weighted by atomic mass is 10.1. The molecule has 1 heterocycles. The number of rotatable bonds is 8. The number of pyridine rings is 1. The van der Waals surface area contributed by atoms with E-state index in [9.17, 15) is 9.59 Å². The van der Waals surface area contributed by atoms with Crippen molar-refractivity contribution in [2.45, 2.75) is 26.6 Å². The number of methoxy groups -OCH3 is 1. The van der Waals surface area contributed by atoms with Crippen LogP contribution in [0.2, 0.25) is 10.0 Å². The summed E-state index contributed by atoms with van der Waals surface area (Å²) < 4.78 is 12.7. The van der Waals surface area contributed by atoms with Gasteiger partial charge in [-0.25, -0.2) is 4.79 Å². The lowest BCUT2D eigenvalue weighted by molar-refractivity contribution is 0.248. The Morgan fingerprint density at radius 2 is 1.81 bits per heavy atom. The highest BCUT2D eigenvalue weighted by molar-refractivity contribution is 6.32. The summed E-state index contributed by atoms with van der Waals surface area (Å²) in [6, 6.07) is 13.9. The van der Waals surface area contributed by atoms with Gasteiger partial charge in [-0.2, -0.15) is 0 Å². The molecular weight excluding hydrogens is 453 g/mol. The number of aryl methyl sites for hydroxylation is 1. The molecule has 0 saturated carbocycles. The Morgan fingerprint density at radius 1 is 1.09 bits per heavy atom. The summed E-state index contributed by atoms with van der Waals surface area (Å²) >= 11 is 12.4. The van der Waals surface area contributed by atoms with Crippen LogP contribution < -0.4 is 26.1 Å². The van der Waals surface area contributed by atoms with Crippen molar-refractivity contribution in [3.63, 3.8) is 0 Å². The minimum Gasteiger partial charge on any atom is -0.495 e. The molecule has 3 aromatic rings. The van der Waals surface area contributed by atoms with E-state index in [0.717, 1.165) is 16.7 Å². The molecule has 0 radical (unpaired) electrons. The van der Waals surface area contributed by atoms with Gasteiger partial charge in [-0.05, 0) is 35.7 Å². The van der Waals surface area contributed by atoms with Crippen molar-refractivity contribution in [3.8, 4) is 11.5 Å². The van der Waals surface area contributed by atoms with Crippen LogP contribution in [0.5, 0.6) is 11.5 Å². The van der Waals surface area contributed by atoms with E-state index in [1.54, 1.807) is 22.8 Å². The molecule has 0 spiro atoms. The maximum atomic E-state index is 12.9. The fourth-order valence-electron chi connectivity index (χ4n) is 3.21. The zero-order valence-electron chi connectivity index (χ0n) is 17.7. The molecule has 0 atom stereocenters. The van der Waals surface area contributed by atoms with Gasteiger partial charge in [-0.1, -0.05) is 53.5 Å². The van der Waals surface area contributed by atoms with Gasteiger partial charge in [0.2, 0.25) is 0 Å². The monoisotopic (exact) mass is 475 g/mol. The summed E-state index contributed by atoms with van der Waals surface area (Å²) in [6.45, 7) is 2.56. The van der Waals surface area contributed by atoms with Crippen LogP contribution in [-0.4, -0.2) is 17.7 Å². The van der Waals surface area contributed by atoms with Gasteiger partial charge in [-0.15, -0.1) is 0 Å². The van der Waals surface area contributed by atoms with Crippen molar-refractivity contribution in [1.82, 2.24) is 9.88 Å². The average Bonchev–Trinajstić information content (AvgIpc) is 2.78. The maximum absolute atomic E-state index is 12.9. The Morgan fingerprint density at radius 3 is 2.50 bits per heavy atom. The van der Waals surface area contributed by atoms with Crippen molar-refractivity contribution >= 4 is 29.2 Å². The first-order valence-electron chi connectivity index (χ1n) is 9.75. The lowest BCUT2D eigenvalue weighted by Crippen LogP contribution is -2.29. The number of hydrogen-bond acceptors (Lipinski definition) is 4. The van der Waals surface area contributed by atoms with Gasteiger partial charge in [0, 0.05) is 18.3 Å². The summed E-state index contributed by atoms with van der Waals surface area (Å²) in [5, 5.41) is 3.04. The van der Waals surface area contributed by atoms with E-state index >= 15 is 0 Å².